The number of carboxylic acids is 1. The lowest BCUT2D eigenvalue weighted by Crippen LogP contribution is -2.55. The largest absolute Gasteiger partial charge is 0.481 e. The summed E-state index contributed by atoms with van der Waals surface area (Å²) in [6.45, 7) is 8.06. The van der Waals surface area contributed by atoms with Crippen LogP contribution in [0.4, 0.5) is 4.79 Å². The van der Waals surface area contributed by atoms with Gasteiger partial charge in [-0.3, -0.25) is 10.2 Å². The molecule has 0 radical (unpaired) electrons. The van der Waals surface area contributed by atoms with Crippen molar-refractivity contribution in [3.05, 3.63) is 0 Å². The first-order chi connectivity index (χ1) is 9.85. The van der Waals surface area contributed by atoms with Gasteiger partial charge in [-0.2, -0.15) is 0 Å². The first-order valence-corrected chi connectivity index (χ1v) is 7.57. The predicted molar refractivity (Wildman–Crippen MR) is 78.7 cm³/mol. The fraction of sp³-hybridized carbons (Fsp3) is 0.857. The maximum Gasteiger partial charge on any atom is 0.331 e. The average Bonchev–Trinajstić information content (AvgIpc) is 2.88. The summed E-state index contributed by atoms with van der Waals surface area (Å²) in [7, 11) is 2.06. The minimum absolute atomic E-state index is 0.0106. The van der Waals surface area contributed by atoms with E-state index in [-0.39, 0.29) is 11.9 Å². The molecule has 21 heavy (non-hydrogen) atoms. The lowest BCUT2D eigenvalue weighted by molar-refractivity contribution is -0.150. The van der Waals surface area contributed by atoms with Crippen molar-refractivity contribution >= 4 is 12.0 Å². The number of piperazine rings is 1. The van der Waals surface area contributed by atoms with Gasteiger partial charge in [0.25, 0.3) is 0 Å². The summed E-state index contributed by atoms with van der Waals surface area (Å²) in [6, 6.07) is -0.177. The Kier molecular flexibility index (Phi) is 4.73. The molecule has 2 N–H and O–H groups in total. The standard InChI is InChI=1S/C14H26N4O3/c1-11(2)14(12(19)20)4-5-17(10-14)13(21)15-18-8-6-16(3)7-9-18/h11H,4-10H2,1-3H3,(H,15,21)(H,19,20). The third kappa shape index (κ3) is 3.29. The summed E-state index contributed by atoms with van der Waals surface area (Å²) in [5.74, 6) is -0.788. The SMILES string of the molecule is CC(C)C1(C(=O)O)CCN(C(=O)NN2CCN(C)CC2)C1. The van der Waals surface area contributed by atoms with Crippen LogP contribution in [0.25, 0.3) is 0 Å². The maximum atomic E-state index is 12.3. The van der Waals surface area contributed by atoms with Crippen LogP contribution in [0, 0.1) is 11.3 Å². The zero-order valence-corrected chi connectivity index (χ0v) is 13.1. The zero-order chi connectivity index (χ0) is 15.6. The van der Waals surface area contributed by atoms with E-state index in [0.717, 1.165) is 26.2 Å². The second-order valence-electron chi connectivity index (χ2n) is 6.49. The first kappa shape index (κ1) is 16.0. The highest BCUT2D eigenvalue weighted by atomic mass is 16.4. The van der Waals surface area contributed by atoms with Crippen LogP contribution in [-0.4, -0.2) is 78.2 Å². The number of nitrogens with one attached hydrogen (secondary N) is 1. The van der Waals surface area contributed by atoms with E-state index < -0.39 is 11.4 Å². The third-order valence-electron chi connectivity index (χ3n) is 4.88. The second-order valence-corrected chi connectivity index (χ2v) is 6.49. The summed E-state index contributed by atoms with van der Waals surface area (Å²) < 4.78 is 0. The summed E-state index contributed by atoms with van der Waals surface area (Å²) in [5.41, 5.74) is 2.09. The molecular weight excluding hydrogens is 272 g/mol. The molecule has 2 amide bonds. The molecule has 0 aromatic carbocycles. The first-order valence-electron chi connectivity index (χ1n) is 7.57. The number of carboxylic acid groups (broad SMARTS) is 1. The van der Waals surface area contributed by atoms with E-state index in [2.05, 4.69) is 17.4 Å². The number of hydrogen-bond acceptors (Lipinski definition) is 4. The second kappa shape index (κ2) is 6.19. The van der Waals surface area contributed by atoms with Gasteiger partial charge in [0, 0.05) is 39.3 Å². The van der Waals surface area contributed by atoms with Gasteiger partial charge in [-0.15, -0.1) is 0 Å². The molecule has 2 rings (SSSR count). The molecule has 2 fully saturated rings. The van der Waals surface area contributed by atoms with Crippen molar-refractivity contribution in [1.29, 1.82) is 0 Å². The minimum Gasteiger partial charge on any atom is -0.481 e. The van der Waals surface area contributed by atoms with Gasteiger partial charge in [0.2, 0.25) is 0 Å². The highest BCUT2D eigenvalue weighted by Crippen LogP contribution is 2.38. The fourth-order valence-electron chi connectivity index (χ4n) is 3.02. The minimum atomic E-state index is -0.806. The molecule has 2 saturated heterocycles. The fourth-order valence-corrected chi connectivity index (χ4v) is 3.02. The van der Waals surface area contributed by atoms with E-state index in [1.165, 1.54) is 0 Å². The molecule has 7 heteroatoms. The van der Waals surface area contributed by atoms with Gasteiger partial charge in [0.05, 0.1) is 5.41 Å². The molecule has 1 atom stereocenters. The number of hydrazine groups is 1. The molecule has 0 bridgehead atoms. The lowest BCUT2D eigenvalue weighted by Gasteiger charge is -2.34. The molecule has 0 saturated carbocycles. The molecule has 0 aromatic heterocycles. The van der Waals surface area contributed by atoms with E-state index in [1.54, 1.807) is 4.90 Å². The van der Waals surface area contributed by atoms with E-state index >= 15 is 0 Å². The van der Waals surface area contributed by atoms with Crippen molar-refractivity contribution in [2.24, 2.45) is 11.3 Å². The summed E-state index contributed by atoms with van der Waals surface area (Å²) >= 11 is 0. The Labute approximate surface area is 125 Å². The number of rotatable bonds is 3. The van der Waals surface area contributed by atoms with Gasteiger partial charge < -0.3 is 14.9 Å². The highest BCUT2D eigenvalue weighted by Gasteiger charge is 2.48. The van der Waals surface area contributed by atoms with Gasteiger partial charge in [-0.25, -0.2) is 9.80 Å². The van der Waals surface area contributed by atoms with Gasteiger partial charge in [-0.1, -0.05) is 13.8 Å². The summed E-state index contributed by atoms with van der Waals surface area (Å²) in [4.78, 5) is 27.7. The molecular formula is C14H26N4O3. The normalized spacial score (nSPS) is 28.1. The van der Waals surface area contributed by atoms with Crippen LogP contribution in [0.5, 0.6) is 0 Å². The van der Waals surface area contributed by atoms with Crippen LogP contribution in [-0.2, 0) is 4.79 Å². The third-order valence-corrected chi connectivity index (χ3v) is 4.88. The van der Waals surface area contributed by atoms with Crippen molar-refractivity contribution in [2.45, 2.75) is 20.3 Å². The van der Waals surface area contributed by atoms with Crippen molar-refractivity contribution in [2.75, 3.05) is 46.3 Å². The van der Waals surface area contributed by atoms with Crippen LogP contribution in [0.1, 0.15) is 20.3 Å². The van der Waals surface area contributed by atoms with Gasteiger partial charge >= 0.3 is 12.0 Å². The van der Waals surface area contributed by atoms with Crippen molar-refractivity contribution in [3.8, 4) is 0 Å². The molecule has 0 spiro atoms. The van der Waals surface area contributed by atoms with Crippen molar-refractivity contribution < 1.29 is 14.7 Å². The van der Waals surface area contributed by atoms with E-state index in [9.17, 15) is 14.7 Å². The van der Waals surface area contributed by atoms with Crippen LogP contribution in [0.3, 0.4) is 0 Å². The Hall–Kier alpha value is -1.34. The number of likely N-dealkylation sites (N-methyl/N-ethyl adjacent to an activating group) is 1. The van der Waals surface area contributed by atoms with Crippen LogP contribution in [0.2, 0.25) is 0 Å². The smallest absolute Gasteiger partial charge is 0.331 e. The molecule has 2 aliphatic heterocycles. The maximum absolute atomic E-state index is 12.3. The summed E-state index contributed by atoms with van der Waals surface area (Å²) in [5, 5.41) is 11.4. The van der Waals surface area contributed by atoms with Crippen LogP contribution < -0.4 is 5.43 Å². The topological polar surface area (TPSA) is 76.1 Å². The van der Waals surface area contributed by atoms with Gasteiger partial charge in [-0.05, 0) is 19.4 Å². The highest BCUT2D eigenvalue weighted by molar-refractivity contribution is 5.79. The van der Waals surface area contributed by atoms with Gasteiger partial charge in [0.1, 0.15) is 0 Å². The van der Waals surface area contributed by atoms with Gasteiger partial charge in [0.15, 0.2) is 0 Å². The monoisotopic (exact) mass is 298 g/mol. The molecule has 120 valence electrons. The number of carbonyl (C=O) groups excluding carboxylic acids is 1. The zero-order valence-electron chi connectivity index (χ0n) is 13.1. The molecule has 0 aliphatic carbocycles. The Morgan fingerprint density at radius 2 is 1.76 bits per heavy atom. The van der Waals surface area contributed by atoms with Crippen LogP contribution in [0.15, 0.2) is 0 Å². The van der Waals surface area contributed by atoms with Crippen molar-refractivity contribution in [3.63, 3.8) is 0 Å². The molecule has 7 nitrogen and oxygen atoms in total. The summed E-state index contributed by atoms with van der Waals surface area (Å²) in [6.07, 6.45) is 0.524. The Balaban J connectivity index is 1.91. The Morgan fingerprint density at radius 3 is 2.24 bits per heavy atom. The number of aliphatic carboxylic acids is 1. The number of amides is 2. The lowest BCUT2D eigenvalue weighted by atomic mass is 9.76. The van der Waals surface area contributed by atoms with E-state index in [0.29, 0.717) is 19.5 Å². The van der Waals surface area contributed by atoms with E-state index in [1.807, 2.05) is 18.9 Å². The molecule has 1 unspecified atom stereocenters. The number of likely N-dealkylation sites (tertiary alicyclic amines) is 1. The van der Waals surface area contributed by atoms with E-state index in [4.69, 9.17) is 0 Å². The number of nitrogens with zero attached hydrogens (tertiary/aromatic N) is 3. The predicted octanol–water partition coefficient (Wildman–Crippen LogP) is 0.291. The molecule has 2 aliphatic rings. The van der Waals surface area contributed by atoms with Crippen LogP contribution >= 0.6 is 0 Å². The Morgan fingerprint density at radius 1 is 1.14 bits per heavy atom. The molecule has 2 heterocycles. The Bertz CT molecular complexity index is 407. The number of urea groups is 1. The average molecular weight is 298 g/mol. The number of carbonyl (C=O) groups is 2. The quantitative estimate of drug-likeness (QED) is 0.783. The van der Waals surface area contributed by atoms with Crippen molar-refractivity contribution in [1.82, 2.24) is 20.2 Å². The number of hydrogen-bond donors (Lipinski definition) is 2. The molecule has 0 aromatic rings.